The van der Waals surface area contributed by atoms with E-state index in [1.54, 1.807) is 60.7 Å². The molecule has 0 aliphatic heterocycles. The molecule has 42 heavy (non-hydrogen) atoms. The van der Waals surface area contributed by atoms with Gasteiger partial charge in [-0.15, -0.1) is 0 Å². The average Bonchev–Trinajstić information content (AvgIpc) is 2.92. The van der Waals surface area contributed by atoms with Gasteiger partial charge >= 0.3 is 11.9 Å². The summed E-state index contributed by atoms with van der Waals surface area (Å²) in [5.41, 5.74) is 1.61. The maximum absolute atomic E-state index is 14.0. The molecule has 0 saturated heterocycles. The molecule has 1 atom stereocenters. The molecule has 1 N–H and O–H groups in total. The summed E-state index contributed by atoms with van der Waals surface area (Å²) in [5.74, 6) is -3.33. The van der Waals surface area contributed by atoms with E-state index in [9.17, 15) is 14.7 Å². The van der Waals surface area contributed by atoms with Crippen LogP contribution in [-0.2, 0) is 9.59 Å². The number of aliphatic hydroxyl groups is 1. The number of hydrogen-bond acceptors (Lipinski definition) is 5. The highest BCUT2D eigenvalue weighted by atomic mass is 35.5. The molecule has 0 spiro atoms. The van der Waals surface area contributed by atoms with Crippen LogP contribution in [0, 0.1) is 22.7 Å². The fourth-order valence-corrected chi connectivity index (χ4v) is 5.51. The van der Waals surface area contributed by atoms with Crippen molar-refractivity contribution in [3.63, 3.8) is 0 Å². The van der Waals surface area contributed by atoms with Crippen molar-refractivity contribution in [2.75, 3.05) is 0 Å². The molecule has 0 bridgehead atoms. The largest absolute Gasteiger partial charge is 0.426 e. The molecule has 0 amide bonds. The molecular formula is C36H39ClO5. The zero-order valence-corrected chi connectivity index (χ0v) is 25.8. The number of allylic oxidation sites excluding steroid dienone is 2. The summed E-state index contributed by atoms with van der Waals surface area (Å²) in [6.07, 6.45) is 3.20. The molecule has 0 heterocycles. The average molecular weight is 587 g/mol. The van der Waals surface area contributed by atoms with Gasteiger partial charge in [-0.05, 0) is 63.9 Å². The zero-order chi connectivity index (χ0) is 30.7. The van der Waals surface area contributed by atoms with Crippen molar-refractivity contribution in [2.45, 2.75) is 53.6 Å². The van der Waals surface area contributed by atoms with Gasteiger partial charge in [-0.3, -0.25) is 9.59 Å². The van der Waals surface area contributed by atoms with Crippen LogP contribution in [0.1, 0.15) is 53.0 Å². The minimum Gasteiger partial charge on any atom is -0.426 e. The highest BCUT2D eigenvalue weighted by molar-refractivity contribution is 6.30. The van der Waals surface area contributed by atoms with E-state index in [4.69, 9.17) is 21.1 Å². The second-order valence-electron chi connectivity index (χ2n) is 12.7. The van der Waals surface area contributed by atoms with Crippen LogP contribution in [0.2, 0.25) is 5.02 Å². The summed E-state index contributed by atoms with van der Waals surface area (Å²) in [6, 6.07) is 24.5. The Morgan fingerprint density at radius 3 is 1.48 bits per heavy atom. The van der Waals surface area contributed by atoms with Gasteiger partial charge in [0.1, 0.15) is 11.5 Å². The topological polar surface area (TPSA) is 72.8 Å². The van der Waals surface area contributed by atoms with Gasteiger partial charge in [-0.2, -0.15) is 0 Å². The molecule has 1 aliphatic carbocycles. The Morgan fingerprint density at radius 2 is 1.10 bits per heavy atom. The molecule has 0 fully saturated rings. The highest BCUT2D eigenvalue weighted by Crippen LogP contribution is 2.47. The lowest BCUT2D eigenvalue weighted by Gasteiger charge is -2.41. The Morgan fingerprint density at radius 1 is 0.690 bits per heavy atom. The molecule has 0 aromatic heterocycles. The summed E-state index contributed by atoms with van der Waals surface area (Å²) in [5, 5.41) is 12.0. The number of halogens is 1. The summed E-state index contributed by atoms with van der Waals surface area (Å²) in [6.45, 7) is 12.3. The molecule has 6 heteroatoms. The van der Waals surface area contributed by atoms with Crippen LogP contribution in [0.25, 0.3) is 0 Å². The van der Waals surface area contributed by atoms with Crippen LogP contribution < -0.4 is 9.47 Å². The maximum Gasteiger partial charge on any atom is 0.326 e. The number of esters is 2. The van der Waals surface area contributed by atoms with Gasteiger partial charge in [-0.1, -0.05) is 114 Å². The second-order valence-corrected chi connectivity index (χ2v) is 13.2. The molecule has 3 aromatic rings. The van der Waals surface area contributed by atoms with Gasteiger partial charge in [0.05, 0.1) is 6.10 Å². The van der Waals surface area contributed by atoms with E-state index in [1.807, 2.05) is 78.0 Å². The molecular weight excluding hydrogens is 548 g/mol. The number of para-hydroxylation sites is 2. The van der Waals surface area contributed by atoms with Crippen LogP contribution in [-0.4, -0.2) is 23.1 Å². The van der Waals surface area contributed by atoms with Crippen molar-refractivity contribution >= 4 is 23.5 Å². The smallest absolute Gasteiger partial charge is 0.326 e. The Labute approximate surface area is 253 Å². The number of benzene rings is 3. The molecule has 1 aliphatic rings. The molecule has 0 saturated carbocycles. The van der Waals surface area contributed by atoms with E-state index in [-0.39, 0.29) is 10.8 Å². The summed E-state index contributed by atoms with van der Waals surface area (Å²) in [4.78, 5) is 28.1. The maximum atomic E-state index is 14.0. The van der Waals surface area contributed by atoms with Crippen molar-refractivity contribution in [2.24, 2.45) is 22.7 Å². The lowest BCUT2D eigenvalue weighted by molar-refractivity contribution is -0.152. The van der Waals surface area contributed by atoms with Crippen molar-refractivity contribution < 1.29 is 24.2 Å². The van der Waals surface area contributed by atoms with Gasteiger partial charge in [-0.25, -0.2) is 0 Å². The minimum absolute atomic E-state index is 0.325. The first-order valence-electron chi connectivity index (χ1n) is 14.2. The van der Waals surface area contributed by atoms with Gasteiger partial charge in [0.15, 0.2) is 5.92 Å². The first kappa shape index (κ1) is 31.3. The summed E-state index contributed by atoms with van der Waals surface area (Å²) in [7, 11) is 0. The van der Waals surface area contributed by atoms with Crippen molar-refractivity contribution in [1.82, 2.24) is 0 Å². The molecule has 4 rings (SSSR count). The quantitative estimate of drug-likeness (QED) is 0.131. The Balaban J connectivity index is 1.92. The molecule has 5 nitrogen and oxygen atoms in total. The third-order valence-corrected chi connectivity index (χ3v) is 7.78. The van der Waals surface area contributed by atoms with E-state index < -0.39 is 35.8 Å². The van der Waals surface area contributed by atoms with Crippen LogP contribution in [0.3, 0.4) is 0 Å². The predicted octanol–water partition coefficient (Wildman–Crippen LogP) is 8.19. The normalized spacial score (nSPS) is 18.1. The van der Waals surface area contributed by atoms with Gasteiger partial charge in [0.2, 0.25) is 0 Å². The van der Waals surface area contributed by atoms with E-state index in [0.29, 0.717) is 16.5 Å². The van der Waals surface area contributed by atoms with Gasteiger partial charge in [0, 0.05) is 16.9 Å². The van der Waals surface area contributed by atoms with Gasteiger partial charge in [0.25, 0.3) is 0 Å². The van der Waals surface area contributed by atoms with Crippen molar-refractivity contribution in [1.29, 1.82) is 0 Å². The van der Waals surface area contributed by atoms with E-state index in [2.05, 4.69) is 0 Å². The third-order valence-electron chi connectivity index (χ3n) is 7.53. The minimum atomic E-state index is -1.35. The fraction of sp³-hybridized carbons (Fsp3) is 0.333. The molecule has 220 valence electrons. The predicted molar refractivity (Wildman–Crippen MR) is 166 cm³/mol. The SMILES string of the molecule is CC(C)(C)C1=CC([C@@H](c2ccc(Cl)cc2)C(C(=O)Oc2ccccc2)C(=O)Oc2ccccc2)C=C(C(C)(C)C)C1O. The lowest BCUT2D eigenvalue weighted by Crippen LogP contribution is -2.41. The van der Waals surface area contributed by atoms with E-state index in [0.717, 1.165) is 16.7 Å². The van der Waals surface area contributed by atoms with Crippen LogP contribution >= 0.6 is 11.6 Å². The number of aliphatic hydroxyl groups excluding tert-OH is 1. The lowest BCUT2D eigenvalue weighted by atomic mass is 9.65. The number of hydrogen-bond donors (Lipinski definition) is 1. The summed E-state index contributed by atoms with van der Waals surface area (Å²) >= 11 is 6.27. The Kier molecular flexibility index (Phi) is 9.44. The summed E-state index contributed by atoms with van der Waals surface area (Å²) < 4.78 is 11.6. The van der Waals surface area contributed by atoms with Gasteiger partial charge < -0.3 is 14.6 Å². The molecule has 0 unspecified atom stereocenters. The first-order valence-corrected chi connectivity index (χ1v) is 14.5. The molecule has 3 aromatic carbocycles. The number of ether oxygens (including phenoxy) is 2. The van der Waals surface area contributed by atoms with Crippen molar-refractivity contribution in [3.8, 4) is 11.5 Å². The third kappa shape index (κ3) is 7.39. The van der Waals surface area contributed by atoms with Crippen LogP contribution in [0.5, 0.6) is 11.5 Å². The number of carbonyl (C=O) groups is 2. The van der Waals surface area contributed by atoms with Crippen LogP contribution in [0.4, 0.5) is 0 Å². The highest BCUT2D eigenvalue weighted by Gasteiger charge is 2.45. The Bertz CT molecular complexity index is 1360. The standard InChI is InChI=1S/C36H39ClO5/c1-35(2,3)28-21-24(22-29(32(28)38)36(4,5)6)30(23-17-19-25(37)20-18-23)31(33(39)41-26-13-9-7-10-14-26)34(40)42-27-15-11-8-12-16-27/h7-22,24,30-32,38H,1-6H3/t24?,30-,32?/m1/s1. The van der Waals surface area contributed by atoms with Crippen molar-refractivity contribution in [3.05, 3.63) is 119 Å². The monoisotopic (exact) mass is 586 g/mol. The van der Waals surface area contributed by atoms with Crippen LogP contribution in [0.15, 0.2) is 108 Å². The fourth-order valence-electron chi connectivity index (χ4n) is 5.39. The Hall–Kier alpha value is -3.67. The molecule has 0 radical (unpaired) electrons. The second kappa shape index (κ2) is 12.7. The zero-order valence-electron chi connectivity index (χ0n) is 25.0. The first-order chi connectivity index (χ1) is 19.8. The van der Waals surface area contributed by atoms with E-state index in [1.165, 1.54) is 0 Å². The number of carbonyl (C=O) groups excluding carboxylic acids is 2. The number of rotatable bonds is 7. The van der Waals surface area contributed by atoms with E-state index >= 15 is 0 Å².